The van der Waals surface area contributed by atoms with Crippen molar-refractivity contribution in [2.75, 3.05) is 51.4 Å². The number of ether oxygens (including phenoxy) is 2. The minimum atomic E-state index is -0.934. The molecule has 0 aromatic heterocycles. The van der Waals surface area contributed by atoms with Crippen LogP contribution >= 0.6 is 0 Å². The number of hydrogen-bond acceptors (Lipinski definition) is 8. The van der Waals surface area contributed by atoms with Crippen molar-refractivity contribution in [1.29, 1.82) is 0 Å². The molecule has 7 N–H and O–H groups in total. The van der Waals surface area contributed by atoms with Crippen LogP contribution in [-0.4, -0.2) is 81.0 Å². The van der Waals surface area contributed by atoms with Crippen molar-refractivity contribution >= 4 is 29.4 Å². The predicted molar refractivity (Wildman–Crippen MR) is 133 cm³/mol. The van der Waals surface area contributed by atoms with Gasteiger partial charge in [-0.05, 0) is 42.5 Å². The van der Waals surface area contributed by atoms with Gasteiger partial charge in [0.25, 0.3) is 0 Å². The van der Waals surface area contributed by atoms with Crippen molar-refractivity contribution < 1.29 is 33.8 Å². The highest BCUT2D eigenvalue weighted by atomic mass is 16.5. The first-order chi connectivity index (χ1) is 17.8. The zero-order valence-corrected chi connectivity index (χ0v) is 20.5. The van der Waals surface area contributed by atoms with E-state index in [2.05, 4.69) is 31.3 Å². The summed E-state index contributed by atoms with van der Waals surface area (Å²) in [5, 5.41) is 22.7. The number of benzene rings is 1. The molecule has 0 saturated carbocycles. The molecule has 204 valence electrons. The molecule has 0 aliphatic carbocycles. The molecule has 0 heterocycles. The summed E-state index contributed by atoms with van der Waals surface area (Å²) in [5.74, 6) is -1.50. The maximum Gasteiger partial charge on any atom is 0.312 e. The third-order valence-corrected chi connectivity index (χ3v) is 4.68. The van der Waals surface area contributed by atoms with Crippen molar-refractivity contribution in [3.8, 4) is 0 Å². The molecule has 15 nitrogen and oxygen atoms in total. The Morgan fingerprint density at radius 3 is 2.38 bits per heavy atom. The molecule has 37 heavy (non-hydrogen) atoms. The average molecular weight is 523 g/mol. The van der Waals surface area contributed by atoms with Gasteiger partial charge in [-0.25, -0.2) is 4.79 Å². The average Bonchev–Trinajstić information content (AvgIpc) is 2.87. The number of azide groups is 1. The van der Waals surface area contributed by atoms with Crippen molar-refractivity contribution in [2.24, 2.45) is 10.8 Å². The lowest BCUT2D eigenvalue weighted by molar-refractivity contribution is -0.133. The highest BCUT2D eigenvalue weighted by Crippen LogP contribution is 2.11. The molecule has 0 unspecified atom stereocenters. The van der Waals surface area contributed by atoms with Gasteiger partial charge < -0.3 is 41.6 Å². The Balaban J connectivity index is 2.41. The van der Waals surface area contributed by atoms with Crippen molar-refractivity contribution in [3.63, 3.8) is 0 Å². The summed E-state index contributed by atoms with van der Waals surface area (Å²) in [4.78, 5) is 50.3. The number of carbonyl (C=O) groups is 4. The summed E-state index contributed by atoms with van der Waals surface area (Å²) >= 11 is 0. The Hall–Kier alpha value is -3.91. The van der Waals surface area contributed by atoms with Gasteiger partial charge >= 0.3 is 6.03 Å². The number of nitrogens with two attached hydrogens (primary N) is 1. The van der Waals surface area contributed by atoms with E-state index in [1.54, 1.807) is 24.3 Å². The van der Waals surface area contributed by atoms with Crippen LogP contribution in [0.3, 0.4) is 0 Å². The second-order valence-electron chi connectivity index (χ2n) is 7.66. The van der Waals surface area contributed by atoms with Gasteiger partial charge in [-0.3, -0.25) is 14.4 Å². The summed E-state index contributed by atoms with van der Waals surface area (Å²) in [5.41, 5.74) is 14.3. The summed E-state index contributed by atoms with van der Waals surface area (Å²) in [6, 6.07) is 4.91. The third-order valence-electron chi connectivity index (χ3n) is 4.68. The topological polar surface area (TPSA) is 230 Å². The van der Waals surface area contributed by atoms with Crippen LogP contribution in [0.4, 0.5) is 10.5 Å². The van der Waals surface area contributed by atoms with Gasteiger partial charge in [0.2, 0.25) is 17.7 Å². The minimum Gasteiger partial charge on any atom is -0.392 e. The van der Waals surface area contributed by atoms with E-state index in [0.29, 0.717) is 43.9 Å². The van der Waals surface area contributed by atoms with Crippen LogP contribution in [0, 0.1) is 0 Å². The molecule has 0 bridgehead atoms. The number of amides is 5. The number of primary amides is 1. The van der Waals surface area contributed by atoms with Gasteiger partial charge in [-0.15, -0.1) is 0 Å². The molecule has 0 fully saturated rings. The van der Waals surface area contributed by atoms with Gasteiger partial charge in [0, 0.05) is 36.8 Å². The predicted octanol–water partition coefficient (Wildman–Crippen LogP) is -0.0995. The number of hydrogen-bond donors (Lipinski definition) is 6. The molecular formula is C22H34N8O7. The normalized spacial score (nSPS) is 11.1. The summed E-state index contributed by atoms with van der Waals surface area (Å²) in [6.45, 7) is 0.565. The van der Waals surface area contributed by atoms with Gasteiger partial charge in [-0.1, -0.05) is 17.2 Å². The van der Waals surface area contributed by atoms with E-state index in [1.165, 1.54) is 0 Å². The number of aliphatic hydroxyl groups is 1. The number of rotatable bonds is 19. The summed E-state index contributed by atoms with van der Waals surface area (Å²) < 4.78 is 10.3. The van der Waals surface area contributed by atoms with Crippen LogP contribution < -0.4 is 27.0 Å². The monoisotopic (exact) mass is 522 g/mol. The van der Waals surface area contributed by atoms with Gasteiger partial charge in [0.1, 0.15) is 19.3 Å². The van der Waals surface area contributed by atoms with E-state index in [-0.39, 0.29) is 32.7 Å². The smallest absolute Gasteiger partial charge is 0.312 e. The molecule has 5 amide bonds. The van der Waals surface area contributed by atoms with Crippen LogP contribution in [0.2, 0.25) is 0 Å². The maximum absolute atomic E-state index is 12.7. The van der Waals surface area contributed by atoms with Gasteiger partial charge in [0.15, 0.2) is 0 Å². The SMILES string of the molecule is [N-]=[N+]=NCCOCCCNC(=O)COCC(=O)N[C@@H](CCCNC(N)=O)C(=O)Nc1ccc(CO)cc1. The molecule has 0 saturated heterocycles. The van der Waals surface area contributed by atoms with E-state index < -0.39 is 36.4 Å². The first kappa shape index (κ1) is 31.1. The van der Waals surface area contributed by atoms with Crippen LogP contribution in [-0.2, 0) is 30.5 Å². The Labute approximate surface area is 214 Å². The Bertz CT molecular complexity index is 907. The number of carbonyl (C=O) groups excluding carboxylic acids is 4. The summed E-state index contributed by atoms with van der Waals surface area (Å²) in [6.07, 6.45) is 1.12. The van der Waals surface area contributed by atoms with Crippen molar-refractivity contribution in [2.45, 2.75) is 31.9 Å². The number of aliphatic hydroxyl groups excluding tert-OH is 1. The fourth-order valence-electron chi connectivity index (χ4n) is 2.89. The fraction of sp³-hybridized carbons (Fsp3) is 0.545. The second-order valence-corrected chi connectivity index (χ2v) is 7.66. The standard InChI is InChI=1S/C22H34N8O7/c23-22(35)26-8-1-3-18(21(34)28-17-6-4-16(13-31)5-7-17)29-20(33)15-37-14-19(32)25-9-2-11-36-12-10-27-30-24/h4-7,18,31H,1-3,8-15H2,(H,25,32)(H,28,34)(H,29,33)(H3,23,26,35)/t18-/m0/s1. The van der Waals surface area contributed by atoms with Crippen molar-refractivity contribution in [3.05, 3.63) is 40.3 Å². The number of nitrogens with one attached hydrogen (secondary N) is 4. The molecule has 1 aromatic rings. The summed E-state index contributed by atoms with van der Waals surface area (Å²) in [7, 11) is 0. The molecule has 1 atom stereocenters. The minimum absolute atomic E-state index is 0.133. The van der Waals surface area contributed by atoms with Crippen LogP contribution in [0.1, 0.15) is 24.8 Å². The van der Waals surface area contributed by atoms with E-state index >= 15 is 0 Å². The van der Waals surface area contributed by atoms with Crippen LogP contribution in [0.25, 0.3) is 10.4 Å². The Morgan fingerprint density at radius 2 is 1.70 bits per heavy atom. The maximum atomic E-state index is 12.7. The molecule has 0 aliphatic heterocycles. The molecule has 15 heteroatoms. The lowest BCUT2D eigenvalue weighted by Gasteiger charge is -2.19. The number of anilines is 1. The number of nitrogens with zero attached hydrogens (tertiary/aromatic N) is 3. The fourth-order valence-corrected chi connectivity index (χ4v) is 2.89. The largest absolute Gasteiger partial charge is 0.392 e. The van der Waals surface area contributed by atoms with E-state index in [4.69, 9.17) is 25.8 Å². The molecule has 1 aromatic carbocycles. The molecule has 0 aliphatic rings. The van der Waals surface area contributed by atoms with Crippen LogP contribution in [0.5, 0.6) is 0 Å². The molecule has 0 radical (unpaired) electrons. The highest BCUT2D eigenvalue weighted by molar-refractivity contribution is 5.97. The van der Waals surface area contributed by atoms with Gasteiger partial charge in [0.05, 0.1) is 13.2 Å². The molecule has 1 rings (SSSR count). The lowest BCUT2D eigenvalue weighted by atomic mass is 10.1. The van der Waals surface area contributed by atoms with E-state index in [1.807, 2.05) is 0 Å². The zero-order chi connectivity index (χ0) is 27.3. The van der Waals surface area contributed by atoms with Crippen molar-refractivity contribution in [1.82, 2.24) is 16.0 Å². The van der Waals surface area contributed by atoms with Crippen LogP contribution in [0.15, 0.2) is 29.4 Å². The highest BCUT2D eigenvalue weighted by Gasteiger charge is 2.21. The first-order valence-corrected chi connectivity index (χ1v) is 11.6. The first-order valence-electron chi connectivity index (χ1n) is 11.6. The third kappa shape index (κ3) is 15.6. The van der Waals surface area contributed by atoms with E-state index in [9.17, 15) is 19.2 Å². The zero-order valence-electron chi connectivity index (χ0n) is 20.5. The number of urea groups is 1. The Kier molecular flexibility index (Phi) is 16.2. The lowest BCUT2D eigenvalue weighted by Crippen LogP contribution is -2.46. The molecular weight excluding hydrogens is 488 g/mol. The Morgan fingerprint density at radius 1 is 1.00 bits per heavy atom. The van der Waals surface area contributed by atoms with E-state index in [0.717, 1.165) is 0 Å². The second kappa shape index (κ2) is 19.3. The van der Waals surface area contributed by atoms with Gasteiger partial charge in [-0.2, -0.15) is 0 Å². The molecule has 0 spiro atoms. The quantitative estimate of drug-likeness (QED) is 0.0624.